The van der Waals surface area contributed by atoms with Gasteiger partial charge in [0.2, 0.25) is 5.91 Å². The third kappa shape index (κ3) is 41.6. The first kappa shape index (κ1) is 57.5. The van der Waals surface area contributed by atoms with Gasteiger partial charge in [0.25, 0.3) is 0 Å². The molecule has 0 aromatic heterocycles. The molecule has 0 aliphatic carbocycles. The Morgan fingerprint density at radius 2 is 0.746 bits per heavy atom. The Balaban J connectivity index is 3.65. The molecule has 4 atom stereocenters. The molecule has 0 fully saturated rings. The van der Waals surface area contributed by atoms with Gasteiger partial charge in [0.15, 0.2) is 0 Å². The van der Waals surface area contributed by atoms with Crippen LogP contribution in [0.1, 0.15) is 264 Å². The summed E-state index contributed by atoms with van der Waals surface area (Å²) in [6.45, 7) is 4.02. The summed E-state index contributed by atoms with van der Waals surface area (Å²) in [5, 5.41) is 43.8. The van der Waals surface area contributed by atoms with E-state index in [1.165, 1.54) is 173 Å². The molecule has 1 amide bonds. The number of allylic oxidation sites excluding steroid dienone is 6. The summed E-state index contributed by atoms with van der Waals surface area (Å²) in [6, 6.07) is -1.01. The van der Waals surface area contributed by atoms with Crippen LogP contribution >= 0.6 is 0 Å². The minimum atomic E-state index is -1.29. The second-order valence-corrected chi connectivity index (χ2v) is 17.9. The van der Waals surface area contributed by atoms with Crippen molar-refractivity contribution in [3.63, 3.8) is 0 Å². The van der Waals surface area contributed by atoms with Gasteiger partial charge in [-0.25, -0.2) is 0 Å². The highest BCUT2D eigenvalue weighted by Gasteiger charge is 2.28. The van der Waals surface area contributed by atoms with Crippen molar-refractivity contribution in [2.24, 2.45) is 0 Å². The second kappa shape index (κ2) is 47.6. The number of nitrogens with one attached hydrogen (secondary N) is 1. The lowest BCUT2D eigenvalue weighted by molar-refractivity contribution is -0.132. The van der Waals surface area contributed by atoms with Crippen molar-refractivity contribution in [3.8, 4) is 0 Å². The Labute approximate surface area is 367 Å². The van der Waals surface area contributed by atoms with Crippen LogP contribution in [0.3, 0.4) is 0 Å². The van der Waals surface area contributed by atoms with E-state index in [1.54, 1.807) is 0 Å². The molecule has 0 saturated carbocycles. The Kier molecular flexibility index (Phi) is 46.4. The van der Waals surface area contributed by atoms with Crippen LogP contribution < -0.4 is 5.32 Å². The lowest BCUT2D eigenvalue weighted by atomic mass is 10.00. The number of carbonyl (C=O) groups excluding carboxylic acids is 1. The van der Waals surface area contributed by atoms with Crippen molar-refractivity contribution in [3.05, 3.63) is 36.5 Å². The number of unbranched alkanes of at least 4 members (excludes halogenated alkanes) is 33. The van der Waals surface area contributed by atoms with E-state index in [0.717, 1.165) is 64.2 Å². The van der Waals surface area contributed by atoms with E-state index >= 15 is 0 Å². The molecule has 0 aliphatic rings. The van der Waals surface area contributed by atoms with Crippen LogP contribution in [0.5, 0.6) is 0 Å². The zero-order chi connectivity index (χ0) is 43.1. The van der Waals surface area contributed by atoms with Gasteiger partial charge in [0.05, 0.1) is 18.8 Å². The minimum absolute atomic E-state index is 0.345. The first-order valence-corrected chi connectivity index (χ1v) is 25.9. The van der Waals surface area contributed by atoms with Gasteiger partial charge in [-0.05, 0) is 64.2 Å². The maximum atomic E-state index is 12.5. The number of carbonyl (C=O) groups is 1. The van der Waals surface area contributed by atoms with Crippen molar-refractivity contribution < 1.29 is 25.2 Å². The summed E-state index contributed by atoms with van der Waals surface area (Å²) in [7, 11) is 0. The van der Waals surface area contributed by atoms with E-state index in [2.05, 4.69) is 55.6 Å². The third-order valence-corrected chi connectivity index (χ3v) is 12.1. The molecule has 0 heterocycles. The summed E-state index contributed by atoms with van der Waals surface area (Å²) >= 11 is 0. The molecule has 0 bridgehead atoms. The van der Waals surface area contributed by atoms with Crippen LogP contribution in [0.2, 0.25) is 0 Å². The molecule has 5 N–H and O–H groups in total. The largest absolute Gasteiger partial charge is 0.394 e. The van der Waals surface area contributed by atoms with E-state index < -0.39 is 36.9 Å². The van der Waals surface area contributed by atoms with Gasteiger partial charge < -0.3 is 25.7 Å². The van der Waals surface area contributed by atoms with Crippen LogP contribution in [-0.4, -0.2) is 57.3 Å². The van der Waals surface area contributed by atoms with Crippen LogP contribution in [0, 0.1) is 0 Å². The van der Waals surface area contributed by atoms with Gasteiger partial charge in [0, 0.05) is 0 Å². The summed E-state index contributed by atoms with van der Waals surface area (Å²) < 4.78 is 0. The van der Waals surface area contributed by atoms with Gasteiger partial charge in [-0.2, -0.15) is 0 Å². The molecule has 0 aromatic rings. The summed E-state index contributed by atoms with van der Waals surface area (Å²) in [5.41, 5.74) is 0. The lowest BCUT2D eigenvalue weighted by Crippen LogP contribution is -2.53. The fourth-order valence-corrected chi connectivity index (χ4v) is 7.98. The average Bonchev–Trinajstić information content (AvgIpc) is 3.24. The molecule has 0 radical (unpaired) electrons. The number of hydrogen-bond acceptors (Lipinski definition) is 5. The van der Waals surface area contributed by atoms with Crippen LogP contribution in [-0.2, 0) is 4.79 Å². The Morgan fingerprint density at radius 1 is 0.424 bits per heavy atom. The van der Waals surface area contributed by atoms with Crippen molar-refractivity contribution in [1.29, 1.82) is 0 Å². The number of aliphatic hydroxyl groups excluding tert-OH is 4. The maximum absolute atomic E-state index is 12.5. The monoisotopic (exact) mass is 832 g/mol. The normalized spacial score (nSPS) is 14.2. The molecule has 0 aromatic carbocycles. The van der Waals surface area contributed by atoms with Gasteiger partial charge >= 0.3 is 0 Å². The predicted molar refractivity (Wildman–Crippen MR) is 256 cm³/mol. The highest BCUT2D eigenvalue weighted by Crippen LogP contribution is 2.17. The van der Waals surface area contributed by atoms with Crippen LogP contribution in [0.4, 0.5) is 0 Å². The molecule has 59 heavy (non-hydrogen) atoms. The highest BCUT2D eigenvalue weighted by molar-refractivity contribution is 5.80. The molecule has 0 aliphatic heterocycles. The zero-order valence-corrected chi connectivity index (χ0v) is 39.3. The zero-order valence-electron chi connectivity index (χ0n) is 39.3. The SMILES string of the molecule is CCCCC/C=C\C=C/CCCCCCCC(O)C(=O)NC(CO)C(O)C(O)CCC/C=C/CCCCCCCCCCCCCCCCCCCCCCCCCC. The minimum Gasteiger partial charge on any atom is -0.394 e. The molecule has 6 heteroatoms. The molecule has 0 saturated heterocycles. The molecule has 4 unspecified atom stereocenters. The maximum Gasteiger partial charge on any atom is 0.249 e. The van der Waals surface area contributed by atoms with Gasteiger partial charge in [-0.15, -0.1) is 0 Å². The average molecular weight is 832 g/mol. The van der Waals surface area contributed by atoms with Gasteiger partial charge in [-0.1, -0.05) is 237 Å². The Bertz CT molecular complexity index is 935. The molecular weight excluding hydrogens is 731 g/mol. The lowest BCUT2D eigenvalue weighted by Gasteiger charge is -2.27. The number of amides is 1. The summed E-state index contributed by atoms with van der Waals surface area (Å²) in [4.78, 5) is 12.5. The predicted octanol–water partition coefficient (Wildman–Crippen LogP) is 14.5. The fraction of sp³-hybridized carbons (Fsp3) is 0.868. The number of rotatable bonds is 47. The molecule has 6 nitrogen and oxygen atoms in total. The van der Waals surface area contributed by atoms with Crippen molar-refractivity contribution in [2.75, 3.05) is 6.61 Å². The third-order valence-electron chi connectivity index (χ3n) is 12.1. The first-order valence-electron chi connectivity index (χ1n) is 25.9. The van der Waals surface area contributed by atoms with E-state index in [1.807, 2.05) is 0 Å². The second-order valence-electron chi connectivity index (χ2n) is 17.9. The van der Waals surface area contributed by atoms with Crippen LogP contribution in [0.15, 0.2) is 36.5 Å². The summed E-state index contributed by atoms with van der Waals surface area (Å²) in [5.74, 6) is -0.605. The van der Waals surface area contributed by atoms with E-state index in [4.69, 9.17) is 0 Å². The van der Waals surface area contributed by atoms with E-state index in [0.29, 0.717) is 12.8 Å². The van der Waals surface area contributed by atoms with Crippen molar-refractivity contribution in [1.82, 2.24) is 5.32 Å². The van der Waals surface area contributed by atoms with Crippen LogP contribution in [0.25, 0.3) is 0 Å². The highest BCUT2D eigenvalue weighted by atomic mass is 16.3. The molecule has 0 rings (SSSR count). The smallest absolute Gasteiger partial charge is 0.249 e. The number of hydrogen-bond donors (Lipinski definition) is 5. The van der Waals surface area contributed by atoms with Gasteiger partial charge in [-0.3, -0.25) is 4.79 Å². The Hall–Kier alpha value is -1.47. The Morgan fingerprint density at radius 3 is 1.15 bits per heavy atom. The quantitative estimate of drug-likeness (QED) is 0.0238. The molecular formula is C53H101NO5. The standard InChI is InChI=1S/C53H101NO5/c1-3-5-7-9-11-13-15-17-19-20-21-22-23-24-25-26-27-28-29-30-31-32-33-35-36-38-40-42-44-46-50(56)52(58)49(48-55)54-53(59)51(57)47-45-43-41-39-37-34-18-16-14-12-10-8-6-4-2/h12,14,16,18,38,40,49-52,55-58H,3-11,13,15,17,19-37,39,41-48H2,1-2H3,(H,54,59)/b14-12-,18-16-,40-38+. The van der Waals surface area contributed by atoms with Crippen molar-refractivity contribution >= 4 is 5.91 Å². The fourth-order valence-electron chi connectivity index (χ4n) is 7.98. The molecule has 348 valence electrons. The summed E-state index contributed by atoms with van der Waals surface area (Å²) in [6.07, 6.45) is 57.8. The van der Waals surface area contributed by atoms with Gasteiger partial charge in [0.1, 0.15) is 12.2 Å². The first-order chi connectivity index (χ1) is 29.0. The van der Waals surface area contributed by atoms with E-state index in [9.17, 15) is 25.2 Å². The van der Waals surface area contributed by atoms with E-state index in [-0.39, 0.29) is 0 Å². The number of aliphatic hydroxyl groups is 4. The molecule has 0 spiro atoms. The van der Waals surface area contributed by atoms with Crippen molar-refractivity contribution in [2.45, 2.75) is 289 Å². The topological polar surface area (TPSA) is 110 Å².